The fourth-order valence-electron chi connectivity index (χ4n) is 1.92. The molecule has 0 spiro atoms. The Bertz CT molecular complexity index is 425. The van der Waals surface area contributed by atoms with Gasteiger partial charge in [0.05, 0.1) is 5.92 Å². The SMILES string of the molecule is CC(C)=CCC1C(=O)C(=C(O)C(C)C)C(=O)[C@@H]1O. The quantitative estimate of drug-likeness (QED) is 0.348. The lowest BCUT2D eigenvalue weighted by Crippen LogP contribution is -2.22. The predicted octanol–water partition coefficient (Wildman–Crippen LogP) is 1.94. The van der Waals surface area contributed by atoms with E-state index in [0.29, 0.717) is 6.42 Å². The van der Waals surface area contributed by atoms with Crippen molar-refractivity contribution in [1.82, 2.24) is 0 Å². The molecule has 0 heterocycles. The van der Waals surface area contributed by atoms with E-state index in [0.717, 1.165) is 5.57 Å². The number of Topliss-reactive ketones (excluding diaryl/α,β-unsaturated/α-hetero) is 2. The van der Waals surface area contributed by atoms with Crippen LogP contribution in [0.5, 0.6) is 0 Å². The zero-order valence-corrected chi connectivity index (χ0v) is 11.2. The lowest BCUT2D eigenvalue weighted by molar-refractivity contribution is -0.124. The number of rotatable bonds is 3. The van der Waals surface area contributed by atoms with Crippen molar-refractivity contribution in [3.05, 3.63) is 23.0 Å². The summed E-state index contributed by atoms with van der Waals surface area (Å²) in [6.07, 6.45) is 0.807. The Morgan fingerprint density at radius 3 is 2.28 bits per heavy atom. The molecule has 0 aromatic heterocycles. The average Bonchev–Trinajstić information content (AvgIpc) is 2.47. The monoisotopic (exact) mass is 252 g/mol. The molecule has 2 N–H and O–H groups in total. The maximum atomic E-state index is 12.1. The van der Waals surface area contributed by atoms with Gasteiger partial charge in [0.2, 0.25) is 0 Å². The van der Waals surface area contributed by atoms with Gasteiger partial charge >= 0.3 is 0 Å². The molecule has 2 atom stereocenters. The Kier molecular flexibility index (Phi) is 4.46. The van der Waals surface area contributed by atoms with Gasteiger partial charge in [-0.1, -0.05) is 25.5 Å². The van der Waals surface area contributed by atoms with Crippen molar-refractivity contribution in [2.75, 3.05) is 0 Å². The van der Waals surface area contributed by atoms with Crippen molar-refractivity contribution in [2.24, 2.45) is 11.8 Å². The number of hydrogen-bond donors (Lipinski definition) is 2. The number of carbonyl (C=O) groups excluding carboxylic acids is 2. The number of allylic oxidation sites excluding steroid dienone is 3. The van der Waals surface area contributed by atoms with Crippen LogP contribution in [0.1, 0.15) is 34.1 Å². The van der Waals surface area contributed by atoms with Crippen LogP contribution in [-0.4, -0.2) is 27.9 Å². The highest BCUT2D eigenvalue weighted by Gasteiger charge is 2.46. The first-order valence-corrected chi connectivity index (χ1v) is 6.10. The molecule has 1 aliphatic carbocycles. The highest BCUT2D eigenvalue weighted by atomic mass is 16.3. The second-order valence-electron chi connectivity index (χ2n) is 5.21. The molecule has 1 aliphatic rings. The normalized spacial score (nSPS) is 26.8. The van der Waals surface area contributed by atoms with Crippen LogP contribution < -0.4 is 0 Å². The first-order chi connectivity index (χ1) is 8.27. The highest BCUT2D eigenvalue weighted by molar-refractivity contribution is 6.28. The standard InChI is InChI=1S/C14H20O4/c1-7(2)5-6-9-12(16)10(11(15)8(3)4)14(18)13(9)17/h5,8-9,13,15,17H,6H2,1-4H3/t9?,13-/m1/s1. The minimum absolute atomic E-state index is 0.218. The third-order valence-corrected chi connectivity index (χ3v) is 3.06. The van der Waals surface area contributed by atoms with Gasteiger partial charge < -0.3 is 10.2 Å². The van der Waals surface area contributed by atoms with E-state index in [-0.39, 0.29) is 17.3 Å². The smallest absolute Gasteiger partial charge is 0.199 e. The van der Waals surface area contributed by atoms with Crippen molar-refractivity contribution in [2.45, 2.75) is 40.2 Å². The molecule has 100 valence electrons. The summed E-state index contributed by atoms with van der Waals surface area (Å²) in [7, 11) is 0. The Morgan fingerprint density at radius 2 is 1.83 bits per heavy atom. The lowest BCUT2D eigenvalue weighted by Gasteiger charge is -2.08. The van der Waals surface area contributed by atoms with E-state index in [1.54, 1.807) is 13.8 Å². The molecule has 1 fully saturated rings. The van der Waals surface area contributed by atoms with Gasteiger partial charge in [-0.25, -0.2) is 0 Å². The summed E-state index contributed by atoms with van der Waals surface area (Å²) in [5.41, 5.74) is 0.803. The third kappa shape index (κ3) is 2.70. The molecule has 0 aromatic carbocycles. The van der Waals surface area contributed by atoms with Gasteiger partial charge in [-0.3, -0.25) is 9.59 Å². The lowest BCUT2D eigenvalue weighted by atomic mass is 9.98. The Morgan fingerprint density at radius 1 is 1.28 bits per heavy atom. The number of ketones is 2. The minimum Gasteiger partial charge on any atom is -0.511 e. The van der Waals surface area contributed by atoms with Crippen LogP contribution >= 0.6 is 0 Å². The first kappa shape index (κ1) is 14.6. The summed E-state index contributed by atoms with van der Waals surface area (Å²) < 4.78 is 0. The maximum absolute atomic E-state index is 12.1. The molecule has 0 aliphatic heterocycles. The van der Waals surface area contributed by atoms with E-state index in [1.807, 2.05) is 19.9 Å². The minimum atomic E-state index is -1.33. The molecular formula is C14H20O4. The molecule has 1 rings (SSSR count). The summed E-state index contributed by atoms with van der Waals surface area (Å²) in [6, 6.07) is 0. The summed E-state index contributed by atoms with van der Waals surface area (Å²) in [6.45, 7) is 7.16. The van der Waals surface area contributed by atoms with Crippen LogP contribution in [0.25, 0.3) is 0 Å². The summed E-state index contributed by atoms with van der Waals surface area (Å²) in [4.78, 5) is 23.9. The summed E-state index contributed by atoms with van der Waals surface area (Å²) in [5.74, 6) is -2.39. The molecule has 18 heavy (non-hydrogen) atoms. The van der Waals surface area contributed by atoms with Crippen LogP contribution in [0.4, 0.5) is 0 Å². The summed E-state index contributed by atoms with van der Waals surface area (Å²) >= 11 is 0. The molecule has 1 saturated carbocycles. The van der Waals surface area contributed by atoms with E-state index >= 15 is 0 Å². The predicted molar refractivity (Wildman–Crippen MR) is 68.1 cm³/mol. The van der Waals surface area contributed by atoms with Crippen molar-refractivity contribution >= 4 is 11.6 Å². The van der Waals surface area contributed by atoms with Crippen LogP contribution in [0.3, 0.4) is 0 Å². The van der Waals surface area contributed by atoms with E-state index in [2.05, 4.69) is 0 Å². The molecule has 1 unspecified atom stereocenters. The highest BCUT2D eigenvalue weighted by Crippen LogP contribution is 2.30. The molecule has 0 radical (unpaired) electrons. The van der Waals surface area contributed by atoms with Crippen LogP contribution in [0, 0.1) is 11.8 Å². The van der Waals surface area contributed by atoms with Gasteiger partial charge in [-0.2, -0.15) is 0 Å². The second kappa shape index (κ2) is 5.48. The number of carbonyl (C=O) groups is 2. The molecule has 0 saturated heterocycles. The van der Waals surface area contributed by atoms with E-state index in [4.69, 9.17) is 0 Å². The van der Waals surface area contributed by atoms with Gasteiger partial charge in [0.1, 0.15) is 17.4 Å². The molecular weight excluding hydrogens is 232 g/mol. The third-order valence-electron chi connectivity index (χ3n) is 3.06. The summed E-state index contributed by atoms with van der Waals surface area (Å²) in [5, 5.41) is 19.6. The molecule has 4 nitrogen and oxygen atoms in total. The van der Waals surface area contributed by atoms with E-state index in [9.17, 15) is 19.8 Å². The largest absolute Gasteiger partial charge is 0.511 e. The van der Waals surface area contributed by atoms with E-state index < -0.39 is 23.6 Å². The second-order valence-corrected chi connectivity index (χ2v) is 5.21. The van der Waals surface area contributed by atoms with Crippen molar-refractivity contribution < 1.29 is 19.8 Å². The molecule has 4 heteroatoms. The van der Waals surface area contributed by atoms with Gasteiger partial charge in [-0.15, -0.1) is 0 Å². The molecule has 0 bridgehead atoms. The number of aliphatic hydroxyl groups excluding tert-OH is 2. The van der Waals surface area contributed by atoms with Gasteiger partial charge in [0.25, 0.3) is 0 Å². The Hall–Kier alpha value is -1.42. The fraction of sp³-hybridized carbons (Fsp3) is 0.571. The molecule has 0 aromatic rings. The topological polar surface area (TPSA) is 74.6 Å². The average molecular weight is 252 g/mol. The Labute approximate surface area is 107 Å². The first-order valence-electron chi connectivity index (χ1n) is 6.10. The molecule has 0 amide bonds. The van der Waals surface area contributed by atoms with E-state index in [1.165, 1.54) is 0 Å². The Balaban J connectivity index is 3.09. The van der Waals surface area contributed by atoms with Crippen LogP contribution in [0.15, 0.2) is 23.0 Å². The maximum Gasteiger partial charge on any atom is 0.199 e. The van der Waals surface area contributed by atoms with Gasteiger partial charge in [0.15, 0.2) is 11.6 Å². The number of hydrogen-bond acceptors (Lipinski definition) is 4. The zero-order valence-electron chi connectivity index (χ0n) is 11.2. The van der Waals surface area contributed by atoms with Crippen molar-refractivity contribution in [3.63, 3.8) is 0 Å². The van der Waals surface area contributed by atoms with Crippen LogP contribution in [-0.2, 0) is 9.59 Å². The van der Waals surface area contributed by atoms with Crippen LogP contribution in [0.2, 0.25) is 0 Å². The fourth-order valence-corrected chi connectivity index (χ4v) is 1.92. The number of aliphatic hydroxyl groups is 2. The van der Waals surface area contributed by atoms with Crippen molar-refractivity contribution in [3.8, 4) is 0 Å². The zero-order chi connectivity index (χ0) is 14.0. The van der Waals surface area contributed by atoms with Crippen molar-refractivity contribution in [1.29, 1.82) is 0 Å². The van der Waals surface area contributed by atoms with Gasteiger partial charge in [-0.05, 0) is 20.3 Å². The van der Waals surface area contributed by atoms with Gasteiger partial charge in [0, 0.05) is 5.92 Å².